The first-order valence-corrected chi connectivity index (χ1v) is 5.94. The van der Waals surface area contributed by atoms with Crippen molar-refractivity contribution in [2.24, 2.45) is 7.05 Å². The summed E-state index contributed by atoms with van der Waals surface area (Å²) in [5.41, 5.74) is 0. The highest BCUT2D eigenvalue weighted by Crippen LogP contribution is 2.29. The minimum atomic E-state index is 0. The zero-order chi connectivity index (χ0) is 12.4. The molecule has 0 aliphatic carbocycles. The Morgan fingerprint density at radius 2 is 1.53 bits per heavy atom. The Balaban J connectivity index is 0.00000133. The van der Waals surface area contributed by atoms with Crippen LogP contribution in [0.1, 0.15) is 0 Å². The van der Waals surface area contributed by atoms with E-state index in [0.29, 0.717) is 0 Å². The zero-order valence-electron chi connectivity index (χ0n) is 10.6. The molecule has 0 saturated heterocycles. The minimum absolute atomic E-state index is 0. The van der Waals surface area contributed by atoms with Gasteiger partial charge in [-0.25, -0.2) is 4.57 Å². The number of aryl methyl sites for hydroxylation is 1. The van der Waals surface area contributed by atoms with Gasteiger partial charge in [0.05, 0.1) is 0 Å². The van der Waals surface area contributed by atoms with Crippen LogP contribution < -0.4 is 33.3 Å². The van der Waals surface area contributed by atoms with E-state index < -0.39 is 0 Å². The highest BCUT2D eigenvalue weighted by molar-refractivity contribution is 5.88. The van der Waals surface area contributed by atoms with Gasteiger partial charge in [0.25, 0.3) is 0 Å². The van der Waals surface area contributed by atoms with Crippen LogP contribution >= 0.6 is 0 Å². The number of aromatic nitrogens is 1. The molecule has 0 aliphatic heterocycles. The quantitative estimate of drug-likeness (QED) is 0.477. The molecule has 3 aromatic rings. The standard InChI is InChI=1S/C16H14NO.HI/c1-17-11-9-14(10-12-17)18-16-8-4-6-13-5-2-3-7-15(13)16;/h2-12H,1H3;1H/q+1;/p-1. The second kappa shape index (κ2) is 6.02. The third kappa shape index (κ3) is 3.04. The highest BCUT2D eigenvalue weighted by atomic mass is 127. The van der Waals surface area contributed by atoms with E-state index in [-0.39, 0.29) is 24.0 Å². The van der Waals surface area contributed by atoms with Crippen LogP contribution in [-0.4, -0.2) is 0 Å². The molecule has 0 bridgehead atoms. The van der Waals surface area contributed by atoms with E-state index in [1.165, 1.54) is 5.39 Å². The molecule has 19 heavy (non-hydrogen) atoms. The van der Waals surface area contributed by atoms with Gasteiger partial charge in [-0.15, -0.1) is 0 Å². The van der Waals surface area contributed by atoms with Crippen molar-refractivity contribution in [2.75, 3.05) is 0 Å². The summed E-state index contributed by atoms with van der Waals surface area (Å²) in [5, 5.41) is 2.32. The molecule has 3 rings (SSSR count). The fourth-order valence-electron chi connectivity index (χ4n) is 1.97. The second-order valence-electron chi connectivity index (χ2n) is 4.28. The van der Waals surface area contributed by atoms with Gasteiger partial charge < -0.3 is 28.7 Å². The van der Waals surface area contributed by atoms with Crippen molar-refractivity contribution in [1.82, 2.24) is 0 Å². The van der Waals surface area contributed by atoms with Gasteiger partial charge in [-0.3, -0.25) is 0 Å². The summed E-state index contributed by atoms with van der Waals surface area (Å²) in [7, 11) is 1.99. The predicted octanol–water partition coefficient (Wildman–Crippen LogP) is 0.461. The van der Waals surface area contributed by atoms with Crippen molar-refractivity contribution in [1.29, 1.82) is 0 Å². The van der Waals surface area contributed by atoms with E-state index in [1.54, 1.807) is 0 Å². The van der Waals surface area contributed by atoms with Crippen LogP contribution in [0.15, 0.2) is 67.0 Å². The van der Waals surface area contributed by atoms with E-state index in [2.05, 4.69) is 18.2 Å². The Morgan fingerprint density at radius 3 is 2.32 bits per heavy atom. The van der Waals surface area contributed by atoms with Gasteiger partial charge in [0, 0.05) is 17.5 Å². The number of pyridine rings is 1. The molecule has 0 radical (unpaired) electrons. The van der Waals surface area contributed by atoms with Crippen molar-refractivity contribution in [2.45, 2.75) is 0 Å². The topological polar surface area (TPSA) is 13.1 Å². The summed E-state index contributed by atoms with van der Waals surface area (Å²) >= 11 is 0. The first kappa shape index (κ1) is 13.8. The molecule has 1 aromatic heterocycles. The van der Waals surface area contributed by atoms with Crippen molar-refractivity contribution >= 4 is 10.8 Å². The Hall–Kier alpha value is -1.62. The van der Waals surface area contributed by atoms with Crippen molar-refractivity contribution in [3.8, 4) is 11.5 Å². The minimum Gasteiger partial charge on any atom is -1.00 e. The number of benzene rings is 2. The fraction of sp³-hybridized carbons (Fsp3) is 0.0625. The van der Waals surface area contributed by atoms with Gasteiger partial charge >= 0.3 is 0 Å². The first-order chi connectivity index (χ1) is 8.83. The fourth-order valence-corrected chi connectivity index (χ4v) is 1.97. The summed E-state index contributed by atoms with van der Waals surface area (Å²) in [5.74, 6) is 1.74. The van der Waals surface area contributed by atoms with E-state index in [9.17, 15) is 0 Å². The van der Waals surface area contributed by atoms with Gasteiger partial charge in [-0.1, -0.05) is 36.4 Å². The van der Waals surface area contributed by atoms with Crippen LogP contribution in [0.25, 0.3) is 10.8 Å². The maximum atomic E-state index is 5.93. The molecule has 0 fully saturated rings. The molecule has 3 heteroatoms. The summed E-state index contributed by atoms with van der Waals surface area (Å²) in [4.78, 5) is 0. The molecule has 1 heterocycles. The van der Waals surface area contributed by atoms with Gasteiger partial charge in [-0.05, 0) is 11.5 Å². The Kier molecular flexibility index (Phi) is 4.37. The smallest absolute Gasteiger partial charge is 0.172 e. The van der Waals surface area contributed by atoms with Crippen LogP contribution in [0, 0.1) is 0 Å². The van der Waals surface area contributed by atoms with Crippen LogP contribution in [0.2, 0.25) is 0 Å². The maximum absolute atomic E-state index is 5.93. The number of rotatable bonds is 2. The van der Waals surface area contributed by atoms with Crippen LogP contribution in [0.3, 0.4) is 0 Å². The Labute approximate surface area is 129 Å². The van der Waals surface area contributed by atoms with Crippen LogP contribution in [0.5, 0.6) is 11.5 Å². The van der Waals surface area contributed by atoms with E-state index in [1.807, 2.05) is 60.4 Å². The average Bonchev–Trinajstić information content (AvgIpc) is 2.42. The van der Waals surface area contributed by atoms with Gasteiger partial charge in [0.15, 0.2) is 12.4 Å². The molecule has 0 aliphatic rings. The largest absolute Gasteiger partial charge is 1.00 e. The molecule has 0 saturated carbocycles. The lowest BCUT2D eigenvalue weighted by atomic mass is 10.1. The molecule has 2 aromatic carbocycles. The number of fused-ring (bicyclic) bond motifs is 1. The Morgan fingerprint density at radius 1 is 0.842 bits per heavy atom. The van der Waals surface area contributed by atoms with Crippen molar-refractivity contribution in [3.63, 3.8) is 0 Å². The van der Waals surface area contributed by atoms with Crippen LogP contribution in [-0.2, 0) is 7.05 Å². The molecular weight excluding hydrogens is 349 g/mol. The van der Waals surface area contributed by atoms with Gasteiger partial charge in [0.2, 0.25) is 0 Å². The molecule has 0 spiro atoms. The molecule has 96 valence electrons. The van der Waals surface area contributed by atoms with E-state index in [0.717, 1.165) is 16.9 Å². The first-order valence-electron chi connectivity index (χ1n) is 5.94. The number of hydrogen-bond acceptors (Lipinski definition) is 1. The summed E-state index contributed by atoms with van der Waals surface area (Å²) in [6.07, 6.45) is 3.95. The number of hydrogen-bond donors (Lipinski definition) is 0. The molecule has 0 atom stereocenters. The predicted molar refractivity (Wildman–Crippen MR) is 71.6 cm³/mol. The van der Waals surface area contributed by atoms with E-state index in [4.69, 9.17) is 4.74 Å². The summed E-state index contributed by atoms with van der Waals surface area (Å²) in [6.45, 7) is 0. The molecular formula is C16H14INO. The number of nitrogens with zero attached hydrogens (tertiary/aromatic N) is 1. The number of ether oxygens (including phenoxy) is 1. The normalized spacial score (nSPS) is 9.95. The molecule has 0 N–H and O–H groups in total. The summed E-state index contributed by atoms with van der Waals surface area (Å²) < 4.78 is 7.92. The lowest BCUT2D eigenvalue weighted by molar-refractivity contribution is -0.671. The third-order valence-electron chi connectivity index (χ3n) is 2.93. The van der Waals surface area contributed by atoms with Crippen LogP contribution in [0.4, 0.5) is 0 Å². The van der Waals surface area contributed by atoms with Crippen molar-refractivity contribution in [3.05, 3.63) is 67.0 Å². The molecule has 0 unspecified atom stereocenters. The van der Waals surface area contributed by atoms with Crippen molar-refractivity contribution < 1.29 is 33.3 Å². The lowest BCUT2D eigenvalue weighted by Crippen LogP contribution is -3.00. The van der Waals surface area contributed by atoms with E-state index >= 15 is 0 Å². The van der Waals surface area contributed by atoms with Gasteiger partial charge in [0.1, 0.15) is 18.5 Å². The maximum Gasteiger partial charge on any atom is 0.172 e. The molecule has 0 amide bonds. The SMILES string of the molecule is C[n+]1ccc(Oc2cccc3ccccc23)cc1.[I-]. The van der Waals surface area contributed by atoms with Gasteiger partial charge in [-0.2, -0.15) is 0 Å². The lowest BCUT2D eigenvalue weighted by Gasteiger charge is -2.07. The second-order valence-corrected chi connectivity index (χ2v) is 4.28. The highest BCUT2D eigenvalue weighted by Gasteiger charge is 2.03. The average molecular weight is 363 g/mol. The Bertz CT molecular complexity index is 674. The number of halogens is 1. The monoisotopic (exact) mass is 363 g/mol. The summed E-state index contributed by atoms with van der Waals surface area (Å²) in [6, 6.07) is 18.3. The third-order valence-corrected chi connectivity index (χ3v) is 2.93. The molecule has 2 nitrogen and oxygen atoms in total. The zero-order valence-corrected chi connectivity index (χ0v) is 12.7.